The summed E-state index contributed by atoms with van der Waals surface area (Å²) >= 11 is 0. The highest BCUT2D eigenvalue weighted by molar-refractivity contribution is 5.89. The van der Waals surface area contributed by atoms with Crippen molar-refractivity contribution < 1.29 is 4.74 Å². The Morgan fingerprint density at radius 3 is 0.681 bits per heavy atom. The average molecular weight is 1620 g/mol. The third-order valence-corrected chi connectivity index (χ3v) is 13.5. The molecule has 5 heteroatoms. The van der Waals surface area contributed by atoms with Gasteiger partial charge in [-0.1, -0.05) is 520 Å². The number of H-pyrrole nitrogens is 2. The second-order valence-electron chi connectivity index (χ2n) is 34.4. The first-order chi connectivity index (χ1) is 56.3. The minimum atomic E-state index is -0.254. The largest absolute Gasteiger partial charge is 0.379 e. The van der Waals surface area contributed by atoms with Crippen molar-refractivity contribution in [3.05, 3.63) is 300 Å². The summed E-state index contributed by atoms with van der Waals surface area (Å²) in [5.74, 6) is 1.78. The van der Waals surface area contributed by atoms with Crippen LogP contribution in [0.15, 0.2) is 267 Å². The predicted molar refractivity (Wildman–Crippen MR) is 547 cm³/mol. The first-order valence-electron chi connectivity index (χ1n) is 45.3. The van der Waals surface area contributed by atoms with Gasteiger partial charge in [0.15, 0.2) is 0 Å². The van der Waals surface area contributed by atoms with Crippen molar-refractivity contribution in [2.75, 3.05) is 7.11 Å². The van der Waals surface area contributed by atoms with Gasteiger partial charge in [-0.15, -0.1) is 0 Å². The van der Waals surface area contributed by atoms with Gasteiger partial charge in [-0.2, -0.15) is 0 Å². The highest BCUT2D eigenvalue weighted by Crippen LogP contribution is 2.56. The van der Waals surface area contributed by atoms with Gasteiger partial charge in [0.25, 0.3) is 0 Å². The maximum atomic E-state index is 4.94. The molecule has 662 valence electrons. The van der Waals surface area contributed by atoms with Crippen molar-refractivity contribution >= 4 is 22.1 Å². The number of nitrogens with one attached hydrogen (secondary N) is 2. The van der Waals surface area contributed by atoms with Crippen LogP contribution in [0.2, 0.25) is 0 Å². The molecule has 0 saturated heterocycles. The second-order valence-corrected chi connectivity index (χ2v) is 34.4. The topological polar surface area (TPSA) is 66.6 Å². The molecule has 0 spiro atoms. The standard InChI is InChI=1S/C26H18N4.C25H18.C13H12.C5H12O.5C5H12.10C2H6/c1-3-7-17(8-4-1)25-27-21-13-11-19(15-23(21)29-25)20-12-14-22-24(16-20)30-26(28-22)18-9-5-2-6-10-18;1-3-11-19(12-4-1)25(20-13-5-2-6-14-20)23-17-9-7-15-21(23)22-16-8-10-18-24(22)25;1-3-7-12(8-4-1)11-13-9-5-2-6-10-13;1-5(2,3)6-4;5*1-5(2,3)4;10*1-2/h1-16H,(H,27,29)(H,28,30);1-18H;1-10H,11H2;1-4H3;5*1-4H3;10*1-2H3. The molecule has 0 fully saturated rings. The van der Waals surface area contributed by atoms with E-state index in [4.69, 9.17) is 14.7 Å². The van der Waals surface area contributed by atoms with Crippen LogP contribution in [0.4, 0.5) is 0 Å². The predicted octanol–water partition coefficient (Wildman–Crippen LogP) is 37.7. The Bertz CT molecular complexity index is 3880. The van der Waals surface area contributed by atoms with Crippen LogP contribution < -0.4 is 0 Å². The Kier molecular flexibility index (Phi) is 68.9. The van der Waals surface area contributed by atoms with Gasteiger partial charge in [0.2, 0.25) is 0 Å². The molecule has 1 aliphatic carbocycles. The van der Waals surface area contributed by atoms with E-state index in [1.54, 1.807) is 7.11 Å². The molecule has 10 aromatic carbocycles. The van der Waals surface area contributed by atoms with Crippen molar-refractivity contribution in [2.24, 2.45) is 27.1 Å². The number of hydrogen-bond acceptors (Lipinski definition) is 3. The fourth-order valence-electron chi connectivity index (χ4n) is 9.67. The summed E-state index contributed by atoms with van der Waals surface area (Å²) in [5, 5.41) is 0. The fourth-order valence-corrected chi connectivity index (χ4v) is 9.67. The lowest BCUT2D eigenvalue weighted by Gasteiger charge is -2.33. The molecule has 2 heterocycles. The molecule has 0 radical (unpaired) electrons. The van der Waals surface area contributed by atoms with Crippen LogP contribution in [-0.4, -0.2) is 32.6 Å². The van der Waals surface area contributed by atoms with E-state index in [-0.39, 0.29) is 11.0 Å². The molecule has 1 aliphatic rings. The van der Waals surface area contributed by atoms with E-state index in [0.717, 1.165) is 62.4 Å². The van der Waals surface area contributed by atoms with Crippen LogP contribution in [0.1, 0.15) is 331 Å². The van der Waals surface area contributed by atoms with Gasteiger partial charge in [0.05, 0.1) is 33.1 Å². The molecular weight excluding hydrogens is 1440 g/mol. The third kappa shape index (κ3) is 55.5. The molecule has 0 aliphatic heterocycles. The first kappa shape index (κ1) is 121. The van der Waals surface area contributed by atoms with Gasteiger partial charge in [0.1, 0.15) is 11.6 Å². The Morgan fingerprint density at radius 2 is 0.454 bits per heavy atom. The summed E-state index contributed by atoms with van der Waals surface area (Å²) in [4.78, 5) is 16.4. The number of aromatic amines is 2. The fraction of sp³-hybridized carbons (Fsp3) is 0.456. The zero-order valence-corrected chi connectivity index (χ0v) is 84.9. The lowest BCUT2D eigenvalue weighted by atomic mass is 9.68. The van der Waals surface area contributed by atoms with E-state index in [1.165, 1.54) is 44.5 Å². The second kappa shape index (κ2) is 67.8. The van der Waals surface area contributed by atoms with Crippen molar-refractivity contribution in [3.63, 3.8) is 0 Å². The minimum Gasteiger partial charge on any atom is -0.379 e. The molecule has 0 saturated carbocycles. The van der Waals surface area contributed by atoms with E-state index in [2.05, 4.69) is 379 Å². The van der Waals surface area contributed by atoms with Gasteiger partial charge in [-0.25, -0.2) is 9.97 Å². The Labute approximate surface area is 736 Å². The number of hydrogen-bond donors (Lipinski definition) is 2. The van der Waals surface area contributed by atoms with Crippen LogP contribution in [0.25, 0.3) is 67.1 Å². The van der Waals surface area contributed by atoms with E-state index in [0.29, 0.717) is 27.1 Å². The molecule has 12 aromatic rings. The summed E-state index contributed by atoms with van der Waals surface area (Å²) in [5.41, 5.74) is 21.5. The summed E-state index contributed by atoms with van der Waals surface area (Å²) in [7, 11) is 1.71. The number of rotatable bonds is 7. The van der Waals surface area contributed by atoms with E-state index < -0.39 is 0 Å². The summed E-state index contributed by atoms with van der Waals surface area (Å²) in [6.07, 6.45) is 1.03. The van der Waals surface area contributed by atoms with Gasteiger partial charge in [-0.05, 0) is 134 Å². The summed E-state index contributed by atoms with van der Waals surface area (Å²) in [6.45, 7) is 89.8. The van der Waals surface area contributed by atoms with E-state index in [1.807, 2.05) is 196 Å². The number of ether oxygens (including phenoxy) is 1. The average Bonchev–Trinajstić information content (AvgIpc) is 1.55. The lowest BCUT2D eigenvalue weighted by molar-refractivity contribution is 0.0397. The van der Waals surface area contributed by atoms with Crippen molar-refractivity contribution in [1.29, 1.82) is 0 Å². The molecule has 0 unspecified atom stereocenters. The highest BCUT2D eigenvalue weighted by atomic mass is 16.5. The lowest BCUT2D eigenvalue weighted by Crippen LogP contribution is -2.28. The molecule has 2 aromatic heterocycles. The number of nitrogens with zero attached hydrogens (tertiary/aromatic N) is 2. The van der Waals surface area contributed by atoms with Crippen LogP contribution in [0, 0.1) is 27.1 Å². The highest BCUT2D eigenvalue weighted by Gasteiger charge is 2.45. The Balaban J connectivity index is -0.000000322. The van der Waals surface area contributed by atoms with Crippen molar-refractivity contribution in [3.8, 4) is 45.0 Å². The van der Waals surface area contributed by atoms with Gasteiger partial charge >= 0.3 is 0 Å². The normalized spacial score (nSPS) is 10.5. The molecule has 119 heavy (non-hydrogen) atoms. The molecule has 0 amide bonds. The number of fused-ring (bicyclic) bond motifs is 5. The van der Waals surface area contributed by atoms with E-state index >= 15 is 0 Å². The maximum absolute atomic E-state index is 4.94. The first-order valence-corrected chi connectivity index (χ1v) is 45.3. The minimum absolute atomic E-state index is 0.0417. The SMILES string of the molecule is CC.CC.CC.CC.CC.CC.CC.CC.CC.CC.CC(C)(C)C.CC(C)(C)C.CC(C)(C)C.CC(C)(C)C.CC(C)(C)C.COC(C)(C)C.c1ccc(-c2nc3ccc(-c4ccc5nc(-c6ccccc6)[nH]c5c4)cc3[nH]2)cc1.c1ccc(C2(c3ccccc3)c3ccccc3-c3ccccc32)cc1.c1ccc(Cc2ccccc2)cc1. The van der Waals surface area contributed by atoms with Crippen LogP contribution in [0.5, 0.6) is 0 Å². The molecule has 0 atom stereocenters. The third-order valence-electron chi connectivity index (χ3n) is 13.5. The van der Waals surface area contributed by atoms with Crippen molar-refractivity contribution in [1.82, 2.24) is 19.9 Å². The maximum Gasteiger partial charge on any atom is 0.138 e. The molecule has 2 N–H and O–H groups in total. The molecule has 0 bridgehead atoms. The van der Waals surface area contributed by atoms with Crippen molar-refractivity contribution in [2.45, 2.75) is 315 Å². The zero-order chi connectivity index (χ0) is 93.2. The van der Waals surface area contributed by atoms with E-state index in [9.17, 15) is 0 Å². The quantitative estimate of drug-likeness (QED) is 0.167. The van der Waals surface area contributed by atoms with Gasteiger partial charge < -0.3 is 14.7 Å². The zero-order valence-electron chi connectivity index (χ0n) is 84.9. The number of methoxy groups -OCH3 is 1. The van der Waals surface area contributed by atoms with Gasteiger partial charge in [0, 0.05) is 18.2 Å². The van der Waals surface area contributed by atoms with Gasteiger partial charge in [-0.3, -0.25) is 0 Å². The summed E-state index contributed by atoms with van der Waals surface area (Å²) in [6, 6.07) is 93.6. The Morgan fingerprint density at radius 1 is 0.252 bits per heavy atom. The van der Waals surface area contributed by atoms with Crippen LogP contribution >= 0.6 is 0 Å². The number of benzene rings is 10. The number of aromatic nitrogens is 4. The smallest absolute Gasteiger partial charge is 0.138 e. The molecule has 13 rings (SSSR count). The van der Waals surface area contributed by atoms with Crippen LogP contribution in [-0.2, 0) is 16.6 Å². The summed E-state index contributed by atoms with van der Waals surface area (Å²) < 4.78 is 4.94. The number of imidazole rings is 2. The van der Waals surface area contributed by atoms with Crippen LogP contribution in [0.3, 0.4) is 0 Å². The Hall–Kier alpha value is -8.90. The monoisotopic (exact) mass is 1620 g/mol. The molecular formula is C114H180N4O. The molecule has 5 nitrogen and oxygen atoms in total.